The highest BCUT2D eigenvalue weighted by molar-refractivity contribution is 6.00. The minimum absolute atomic E-state index is 0.00658. The molecule has 1 heterocycles. The molecule has 1 saturated heterocycles. The van der Waals surface area contributed by atoms with Crippen molar-refractivity contribution in [1.29, 1.82) is 0 Å². The maximum Gasteiger partial charge on any atom is 0.249 e. The summed E-state index contributed by atoms with van der Waals surface area (Å²) in [4.78, 5) is 28.2. The molecule has 22 heavy (non-hydrogen) atoms. The van der Waals surface area contributed by atoms with Crippen LogP contribution >= 0.6 is 0 Å². The third-order valence-corrected chi connectivity index (χ3v) is 3.80. The van der Waals surface area contributed by atoms with Crippen LogP contribution in [0.15, 0.2) is 24.3 Å². The van der Waals surface area contributed by atoms with Gasteiger partial charge in [0.1, 0.15) is 11.9 Å². The molecule has 4 nitrogen and oxygen atoms in total. The van der Waals surface area contributed by atoms with E-state index in [1.165, 1.54) is 12.1 Å². The van der Waals surface area contributed by atoms with Crippen LogP contribution in [-0.4, -0.2) is 35.8 Å². The van der Waals surface area contributed by atoms with Crippen LogP contribution in [0.2, 0.25) is 0 Å². The molecule has 0 bridgehead atoms. The van der Waals surface area contributed by atoms with E-state index in [1.54, 1.807) is 28.9 Å². The molecule has 0 unspecified atom stereocenters. The van der Waals surface area contributed by atoms with E-state index in [9.17, 15) is 14.0 Å². The summed E-state index contributed by atoms with van der Waals surface area (Å²) in [5, 5.41) is 0. The maximum atomic E-state index is 13.0. The lowest BCUT2D eigenvalue weighted by molar-refractivity contribution is -0.142. The van der Waals surface area contributed by atoms with E-state index in [4.69, 9.17) is 0 Å². The second-order valence-electron chi connectivity index (χ2n) is 6.97. The van der Waals surface area contributed by atoms with Gasteiger partial charge in [0.2, 0.25) is 11.8 Å². The second-order valence-corrected chi connectivity index (χ2v) is 6.97. The highest BCUT2D eigenvalue weighted by atomic mass is 19.1. The van der Waals surface area contributed by atoms with Crippen LogP contribution in [-0.2, 0) is 9.59 Å². The van der Waals surface area contributed by atoms with Crippen LogP contribution in [0.5, 0.6) is 0 Å². The van der Waals surface area contributed by atoms with Gasteiger partial charge in [-0.25, -0.2) is 4.39 Å². The minimum Gasteiger partial charge on any atom is -0.329 e. The molecule has 0 saturated carbocycles. The summed E-state index contributed by atoms with van der Waals surface area (Å²) in [5.74, 6) is -0.449. The van der Waals surface area contributed by atoms with Gasteiger partial charge in [0.15, 0.2) is 0 Å². The lowest BCUT2D eigenvalue weighted by atomic mass is 9.91. The molecule has 0 spiro atoms. The van der Waals surface area contributed by atoms with Gasteiger partial charge in [0.25, 0.3) is 0 Å². The van der Waals surface area contributed by atoms with Gasteiger partial charge in [-0.1, -0.05) is 20.8 Å². The van der Waals surface area contributed by atoms with Crippen molar-refractivity contribution in [2.24, 2.45) is 5.41 Å². The molecule has 0 aromatic heterocycles. The fourth-order valence-electron chi connectivity index (χ4n) is 2.64. The fraction of sp³-hybridized carbons (Fsp3) is 0.529. The van der Waals surface area contributed by atoms with Gasteiger partial charge in [-0.2, -0.15) is 0 Å². The van der Waals surface area contributed by atoms with E-state index in [1.807, 2.05) is 20.8 Å². The predicted molar refractivity (Wildman–Crippen MR) is 84.0 cm³/mol. The molecular weight excluding hydrogens is 283 g/mol. The van der Waals surface area contributed by atoms with Crippen LogP contribution in [0.1, 0.15) is 34.1 Å². The number of piperazine rings is 1. The van der Waals surface area contributed by atoms with Crippen LogP contribution in [0.25, 0.3) is 0 Å². The van der Waals surface area contributed by atoms with E-state index in [-0.39, 0.29) is 23.0 Å². The molecule has 2 rings (SSSR count). The molecule has 1 atom stereocenters. The van der Waals surface area contributed by atoms with Crippen molar-refractivity contribution in [3.63, 3.8) is 0 Å². The Hall–Kier alpha value is -1.91. The van der Waals surface area contributed by atoms with Crippen molar-refractivity contribution in [1.82, 2.24) is 4.90 Å². The Labute approximate surface area is 130 Å². The predicted octanol–water partition coefficient (Wildman–Crippen LogP) is 2.83. The Morgan fingerprint density at radius 3 is 2.36 bits per heavy atom. The Kier molecular flexibility index (Phi) is 4.54. The maximum absolute atomic E-state index is 13.0. The lowest BCUT2D eigenvalue weighted by Crippen LogP contribution is -2.58. The third kappa shape index (κ3) is 3.64. The SMILES string of the molecule is C[C@H]1C(=O)N(c2ccc(F)cc2)CCN1C(=O)CC(C)(C)C. The number of hydrogen-bond acceptors (Lipinski definition) is 2. The van der Waals surface area contributed by atoms with E-state index >= 15 is 0 Å². The summed E-state index contributed by atoms with van der Waals surface area (Å²) < 4.78 is 13.0. The monoisotopic (exact) mass is 306 g/mol. The summed E-state index contributed by atoms with van der Waals surface area (Å²) >= 11 is 0. The summed E-state index contributed by atoms with van der Waals surface area (Å²) in [6, 6.07) is 5.36. The Morgan fingerprint density at radius 1 is 1.23 bits per heavy atom. The molecule has 1 aliphatic heterocycles. The molecule has 0 aliphatic carbocycles. The van der Waals surface area contributed by atoms with Crippen LogP contribution in [0.3, 0.4) is 0 Å². The number of hydrogen-bond donors (Lipinski definition) is 0. The standard InChI is InChI=1S/C17H23FN2O2/c1-12-16(22)20(14-7-5-13(18)6-8-14)10-9-19(12)15(21)11-17(2,3)4/h5-8,12H,9-11H2,1-4H3/t12-/m0/s1. The van der Waals surface area contributed by atoms with Crippen LogP contribution in [0, 0.1) is 11.2 Å². The summed E-state index contributed by atoms with van der Waals surface area (Å²) in [6.45, 7) is 8.70. The first-order valence-corrected chi connectivity index (χ1v) is 7.55. The first-order chi connectivity index (χ1) is 10.2. The Bertz CT molecular complexity index is 563. The molecule has 0 N–H and O–H groups in total. The molecule has 1 aromatic rings. The van der Waals surface area contributed by atoms with Crippen molar-refractivity contribution in [2.75, 3.05) is 18.0 Å². The number of nitrogens with zero attached hydrogens (tertiary/aromatic N) is 2. The fourth-order valence-corrected chi connectivity index (χ4v) is 2.64. The zero-order valence-electron chi connectivity index (χ0n) is 13.6. The lowest BCUT2D eigenvalue weighted by Gasteiger charge is -2.40. The summed E-state index contributed by atoms with van der Waals surface area (Å²) in [7, 11) is 0. The van der Waals surface area contributed by atoms with Gasteiger partial charge in [-0.05, 0) is 36.6 Å². The second kappa shape index (κ2) is 6.07. The molecule has 1 aliphatic rings. The topological polar surface area (TPSA) is 40.6 Å². The minimum atomic E-state index is -0.492. The molecular formula is C17H23FN2O2. The van der Waals surface area contributed by atoms with E-state index in [0.29, 0.717) is 25.2 Å². The number of carbonyl (C=O) groups excluding carboxylic acids is 2. The summed E-state index contributed by atoms with van der Waals surface area (Å²) in [5.41, 5.74) is 0.565. The number of carbonyl (C=O) groups is 2. The zero-order valence-corrected chi connectivity index (χ0v) is 13.6. The molecule has 120 valence electrons. The number of amides is 2. The highest BCUT2D eigenvalue weighted by Crippen LogP contribution is 2.24. The van der Waals surface area contributed by atoms with Crippen molar-refractivity contribution < 1.29 is 14.0 Å². The van der Waals surface area contributed by atoms with Crippen molar-refractivity contribution >= 4 is 17.5 Å². The van der Waals surface area contributed by atoms with E-state index < -0.39 is 6.04 Å². The first-order valence-electron chi connectivity index (χ1n) is 7.55. The van der Waals surface area contributed by atoms with Gasteiger partial charge in [-0.3, -0.25) is 9.59 Å². The van der Waals surface area contributed by atoms with Crippen molar-refractivity contribution in [3.8, 4) is 0 Å². The average Bonchev–Trinajstić information content (AvgIpc) is 2.41. The van der Waals surface area contributed by atoms with Crippen LogP contribution < -0.4 is 4.90 Å². The third-order valence-electron chi connectivity index (χ3n) is 3.80. The van der Waals surface area contributed by atoms with Gasteiger partial charge >= 0.3 is 0 Å². The van der Waals surface area contributed by atoms with Crippen molar-refractivity contribution in [3.05, 3.63) is 30.1 Å². The summed E-state index contributed by atoms with van der Waals surface area (Å²) in [6.07, 6.45) is 0.418. The Balaban J connectivity index is 2.11. The van der Waals surface area contributed by atoms with Gasteiger partial charge in [0, 0.05) is 25.2 Å². The molecule has 1 fully saturated rings. The Morgan fingerprint density at radius 2 is 1.82 bits per heavy atom. The zero-order chi connectivity index (χ0) is 16.5. The van der Waals surface area contributed by atoms with Gasteiger partial charge in [-0.15, -0.1) is 0 Å². The molecule has 5 heteroatoms. The smallest absolute Gasteiger partial charge is 0.249 e. The molecule has 1 aromatic carbocycles. The van der Waals surface area contributed by atoms with E-state index in [0.717, 1.165) is 0 Å². The average molecular weight is 306 g/mol. The van der Waals surface area contributed by atoms with Gasteiger partial charge in [0.05, 0.1) is 0 Å². The van der Waals surface area contributed by atoms with Crippen LogP contribution in [0.4, 0.5) is 10.1 Å². The molecule has 2 amide bonds. The number of halogens is 1. The molecule has 0 radical (unpaired) electrons. The number of benzene rings is 1. The first kappa shape index (κ1) is 16.5. The van der Waals surface area contributed by atoms with E-state index in [2.05, 4.69) is 0 Å². The number of rotatable bonds is 2. The largest absolute Gasteiger partial charge is 0.329 e. The van der Waals surface area contributed by atoms with Gasteiger partial charge < -0.3 is 9.80 Å². The highest BCUT2D eigenvalue weighted by Gasteiger charge is 2.35. The van der Waals surface area contributed by atoms with Crippen molar-refractivity contribution in [2.45, 2.75) is 40.2 Å². The number of anilines is 1. The quantitative estimate of drug-likeness (QED) is 0.843. The normalized spacial score (nSPS) is 19.5.